The maximum Gasteiger partial charge on any atom is 0.352 e. The van der Waals surface area contributed by atoms with Gasteiger partial charge in [-0.3, -0.25) is 0 Å². The monoisotopic (exact) mass is 357 g/mol. The number of ether oxygens (including phenoxy) is 1. The van der Waals surface area contributed by atoms with Crippen LogP contribution in [0.5, 0.6) is 5.75 Å². The van der Waals surface area contributed by atoms with Crippen LogP contribution in [0.2, 0.25) is 0 Å². The van der Waals surface area contributed by atoms with Gasteiger partial charge >= 0.3 is 5.97 Å². The van der Waals surface area contributed by atoms with Gasteiger partial charge in [-0.15, -0.1) is 0 Å². The summed E-state index contributed by atoms with van der Waals surface area (Å²) in [4.78, 5) is 11.8. The summed E-state index contributed by atoms with van der Waals surface area (Å²) in [5.41, 5.74) is 4.31. The number of benzene rings is 3. The van der Waals surface area contributed by atoms with Gasteiger partial charge in [0.1, 0.15) is 11.4 Å². The van der Waals surface area contributed by atoms with Crippen molar-refractivity contribution >= 4 is 16.9 Å². The van der Waals surface area contributed by atoms with Crippen LogP contribution in [0.1, 0.15) is 16.1 Å². The number of aromatic nitrogens is 1. The Kier molecular flexibility index (Phi) is 4.38. The van der Waals surface area contributed by atoms with Crippen LogP contribution >= 0.6 is 0 Å². The van der Waals surface area contributed by atoms with E-state index in [4.69, 9.17) is 4.74 Å². The van der Waals surface area contributed by atoms with Crippen molar-refractivity contribution in [1.29, 1.82) is 0 Å². The Bertz CT molecular complexity index is 1110. The summed E-state index contributed by atoms with van der Waals surface area (Å²) in [5, 5.41) is 10.6. The van der Waals surface area contributed by atoms with E-state index >= 15 is 0 Å². The van der Waals surface area contributed by atoms with Crippen LogP contribution in [0.25, 0.3) is 22.0 Å². The molecular weight excluding hydrogens is 338 g/mol. The van der Waals surface area contributed by atoms with Crippen LogP contribution < -0.4 is 4.74 Å². The van der Waals surface area contributed by atoms with E-state index in [1.807, 2.05) is 77.4 Å². The lowest BCUT2D eigenvalue weighted by Gasteiger charge is -2.09. The molecule has 4 aromatic rings. The standard InChI is InChI=1S/C23H19NO3/c1-27-20-9-5-8-17(13-20)18-10-11-21-19(12-18)14-22(23(25)26)24(21)15-16-6-3-2-4-7-16/h2-14H,15H2,1H3,(H,25,26). The molecule has 1 N–H and O–H groups in total. The molecule has 0 saturated carbocycles. The molecule has 0 radical (unpaired) electrons. The molecule has 0 aliphatic heterocycles. The second kappa shape index (κ2) is 7.00. The van der Waals surface area contributed by atoms with Crippen molar-refractivity contribution in [3.63, 3.8) is 0 Å². The molecule has 0 atom stereocenters. The SMILES string of the molecule is COc1cccc(-c2ccc3c(c2)cc(C(=O)O)n3Cc2ccccc2)c1. The minimum atomic E-state index is -0.926. The Labute approximate surface area is 157 Å². The van der Waals surface area contributed by atoms with Crippen LogP contribution in [-0.2, 0) is 6.54 Å². The average Bonchev–Trinajstić information content (AvgIpc) is 3.07. The normalized spacial score (nSPS) is 10.9. The van der Waals surface area contributed by atoms with E-state index < -0.39 is 5.97 Å². The van der Waals surface area contributed by atoms with Crippen LogP contribution in [-0.4, -0.2) is 22.8 Å². The molecule has 134 valence electrons. The quantitative estimate of drug-likeness (QED) is 0.543. The summed E-state index contributed by atoms with van der Waals surface area (Å²) < 4.78 is 7.15. The third-order valence-corrected chi connectivity index (χ3v) is 4.71. The number of aromatic carboxylic acids is 1. The molecular formula is C23H19NO3. The second-order valence-corrected chi connectivity index (χ2v) is 6.41. The number of carboxylic acids is 1. The van der Waals surface area contributed by atoms with Crippen molar-refractivity contribution in [2.45, 2.75) is 6.54 Å². The molecule has 1 heterocycles. The lowest BCUT2D eigenvalue weighted by Crippen LogP contribution is -2.09. The van der Waals surface area contributed by atoms with Crippen molar-refractivity contribution in [2.24, 2.45) is 0 Å². The maximum atomic E-state index is 11.8. The van der Waals surface area contributed by atoms with E-state index in [1.165, 1.54) is 0 Å². The third kappa shape index (κ3) is 3.29. The Morgan fingerprint density at radius 1 is 0.926 bits per heavy atom. The minimum Gasteiger partial charge on any atom is -0.497 e. The van der Waals surface area contributed by atoms with Gasteiger partial charge in [0.15, 0.2) is 0 Å². The van der Waals surface area contributed by atoms with Crippen molar-refractivity contribution in [3.05, 3.63) is 90.1 Å². The second-order valence-electron chi connectivity index (χ2n) is 6.41. The number of hydrogen-bond donors (Lipinski definition) is 1. The number of fused-ring (bicyclic) bond motifs is 1. The van der Waals surface area contributed by atoms with E-state index in [0.717, 1.165) is 33.3 Å². The molecule has 27 heavy (non-hydrogen) atoms. The summed E-state index contributed by atoms with van der Waals surface area (Å²) in [6.45, 7) is 0.518. The molecule has 0 amide bonds. The van der Waals surface area contributed by atoms with Crippen LogP contribution in [0, 0.1) is 0 Å². The predicted octanol–water partition coefficient (Wildman–Crippen LogP) is 5.06. The molecule has 0 aliphatic rings. The Morgan fingerprint density at radius 2 is 1.70 bits per heavy atom. The number of rotatable bonds is 5. The smallest absolute Gasteiger partial charge is 0.352 e. The molecule has 4 nitrogen and oxygen atoms in total. The van der Waals surface area contributed by atoms with E-state index in [-0.39, 0.29) is 5.69 Å². The van der Waals surface area contributed by atoms with Crippen molar-refractivity contribution in [1.82, 2.24) is 4.57 Å². The topological polar surface area (TPSA) is 51.5 Å². The van der Waals surface area contributed by atoms with Gasteiger partial charge < -0.3 is 14.4 Å². The van der Waals surface area contributed by atoms with Crippen LogP contribution in [0.15, 0.2) is 78.9 Å². The fourth-order valence-electron chi connectivity index (χ4n) is 3.37. The molecule has 0 saturated heterocycles. The minimum absolute atomic E-state index is 0.289. The number of methoxy groups -OCH3 is 1. The molecule has 0 aliphatic carbocycles. The highest BCUT2D eigenvalue weighted by Crippen LogP contribution is 2.29. The molecule has 4 rings (SSSR count). The Morgan fingerprint density at radius 3 is 2.44 bits per heavy atom. The third-order valence-electron chi connectivity index (χ3n) is 4.71. The van der Waals surface area contributed by atoms with Gasteiger partial charge in [0, 0.05) is 17.4 Å². The maximum absolute atomic E-state index is 11.8. The lowest BCUT2D eigenvalue weighted by molar-refractivity contribution is 0.0686. The molecule has 0 unspecified atom stereocenters. The molecule has 0 bridgehead atoms. The highest BCUT2D eigenvalue weighted by molar-refractivity contribution is 5.96. The highest BCUT2D eigenvalue weighted by Gasteiger charge is 2.15. The van der Waals surface area contributed by atoms with E-state index in [0.29, 0.717) is 6.54 Å². The van der Waals surface area contributed by atoms with Crippen molar-refractivity contribution in [2.75, 3.05) is 7.11 Å². The van der Waals surface area contributed by atoms with Crippen LogP contribution in [0.4, 0.5) is 0 Å². The summed E-state index contributed by atoms with van der Waals surface area (Å²) in [6, 6.07) is 25.5. The largest absolute Gasteiger partial charge is 0.497 e. The predicted molar refractivity (Wildman–Crippen MR) is 106 cm³/mol. The first-order valence-corrected chi connectivity index (χ1v) is 8.70. The van der Waals surface area contributed by atoms with Crippen molar-refractivity contribution in [3.8, 4) is 16.9 Å². The van der Waals surface area contributed by atoms with Gasteiger partial charge in [-0.25, -0.2) is 4.79 Å². The molecule has 4 heteroatoms. The summed E-state index contributed by atoms with van der Waals surface area (Å²) in [5.74, 6) is -0.134. The fourth-order valence-corrected chi connectivity index (χ4v) is 3.37. The Balaban J connectivity index is 1.82. The molecule has 0 fully saturated rings. The first kappa shape index (κ1) is 16.9. The average molecular weight is 357 g/mol. The van der Waals surface area contributed by atoms with E-state index in [9.17, 15) is 9.90 Å². The zero-order valence-electron chi connectivity index (χ0n) is 14.9. The summed E-state index contributed by atoms with van der Waals surface area (Å²) >= 11 is 0. The molecule has 0 spiro atoms. The number of carbonyl (C=O) groups is 1. The van der Waals surface area contributed by atoms with E-state index in [2.05, 4.69) is 0 Å². The van der Waals surface area contributed by atoms with Crippen molar-refractivity contribution < 1.29 is 14.6 Å². The first-order chi connectivity index (χ1) is 13.2. The van der Waals surface area contributed by atoms with Gasteiger partial charge in [-0.2, -0.15) is 0 Å². The summed E-state index contributed by atoms with van der Waals surface area (Å²) in [7, 11) is 1.64. The Hall–Kier alpha value is -3.53. The van der Waals surface area contributed by atoms with E-state index in [1.54, 1.807) is 13.2 Å². The highest BCUT2D eigenvalue weighted by atomic mass is 16.5. The van der Waals surface area contributed by atoms with Gasteiger partial charge in [0.2, 0.25) is 0 Å². The summed E-state index contributed by atoms with van der Waals surface area (Å²) in [6.07, 6.45) is 0. The van der Waals surface area contributed by atoms with Gasteiger partial charge in [-0.1, -0.05) is 48.5 Å². The first-order valence-electron chi connectivity index (χ1n) is 8.70. The zero-order chi connectivity index (χ0) is 18.8. The van der Waals surface area contributed by atoms with Crippen LogP contribution in [0.3, 0.4) is 0 Å². The number of nitrogens with zero attached hydrogens (tertiary/aromatic N) is 1. The fraction of sp³-hybridized carbons (Fsp3) is 0.0870. The molecule has 1 aromatic heterocycles. The van der Waals surface area contributed by atoms with Gasteiger partial charge in [0.25, 0.3) is 0 Å². The number of hydrogen-bond acceptors (Lipinski definition) is 2. The number of carboxylic acid groups (broad SMARTS) is 1. The molecule has 3 aromatic carbocycles. The zero-order valence-corrected chi connectivity index (χ0v) is 14.9. The lowest BCUT2D eigenvalue weighted by atomic mass is 10.0. The van der Waals surface area contributed by atoms with Gasteiger partial charge in [0.05, 0.1) is 7.11 Å². The van der Waals surface area contributed by atoms with Gasteiger partial charge in [-0.05, 0) is 47.0 Å².